The molecule has 23 heteroatoms. The fourth-order valence-corrected chi connectivity index (χ4v) is 5.09. The third-order valence-corrected chi connectivity index (χ3v) is 8.21. The molecule has 1 aliphatic heterocycles. The predicted octanol–water partition coefficient (Wildman–Crippen LogP) is -5.81. The summed E-state index contributed by atoms with van der Waals surface area (Å²) in [5.41, 5.74) is 11.0. The van der Waals surface area contributed by atoms with Gasteiger partial charge >= 0.3 is 0 Å². The maximum atomic E-state index is 13.2. The van der Waals surface area contributed by atoms with Crippen LogP contribution in [0.1, 0.15) is 48.9 Å². The summed E-state index contributed by atoms with van der Waals surface area (Å²) >= 11 is 0. The van der Waals surface area contributed by atoms with E-state index in [1.54, 1.807) is 0 Å². The Balaban J connectivity index is 1.96. The summed E-state index contributed by atoms with van der Waals surface area (Å²) in [6.07, 6.45) is 0.693. The number of phenolic OH excluding ortho intramolecular Hbond substituents is 2. The van der Waals surface area contributed by atoms with E-state index in [0.717, 1.165) is 12.1 Å². The number of benzene rings is 1. The summed E-state index contributed by atoms with van der Waals surface area (Å²) < 4.78 is 0. The number of carbonyl (C=O) groups is 7. The number of hydrogen-bond donors (Lipinski definition) is 14. The number of aliphatic hydroxyl groups excluding tert-OH is 3. The van der Waals surface area contributed by atoms with Crippen LogP contribution < -0.4 is 38.1 Å². The molecule has 1 aromatic rings. The first-order chi connectivity index (χ1) is 25.6. The van der Waals surface area contributed by atoms with Gasteiger partial charge in [-0.3, -0.25) is 44.0 Å². The Morgan fingerprint density at radius 2 is 1.41 bits per heavy atom. The summed E-state index contributed by atoms with van der Waals surface area (Å²) in [7, 11) is 0. The lowest BCUT2D eigenvalue weighted by Crippen LogP contribution is -2.60. The molecule has 0 radical (unpaired) electrons. The Hall–Kier alpha value is -5.17. The van der Waals surface area contributed by atoms with E-state index in [-0.39, 0.29) is 43.8 Å². The van der Waals surface area contributed by atoms with Gasteiger partial charge in [-0.05, 0) is 57.2 Å². The van der Waals surface area contributed by atoms with Gasteiger partial charge in [0, 0.05) is 13.1 Å². The number of nitrogens with zero attached hydrogens (tertiary/aromatic N) is 2. The van der Waals surface area contributed by atoms with Gasteiger partial charge in [0.05, 0.1) is 31.4 Å². The van der Waals surface area contributed by atoms with Crippen LogP contribution in [0.15, 0.2) is 18.2 Å². The Labute approximate surface area is 308 Å². The molecule has 54 heavy (non-hydrogen) atoms. The molecule has 1 fully saturated rings. The van der Waals surface area contributed by atoms with Gasteiger partial charge < -0.3 is 63.6 Å². The number of phenols is 2. The molecule has 6 unspecified atom stereocenters. The Morgan fingerprint density at radius 3 is 2.02 bits per heavy atom. The summed E-state index contributed by atoms with van der Waals surface area (Å²) in [6.45, 7) is -3.25. The van der Waals surface area contributed by atoms with E-state index in [1.165, 1.54) is 6.07 Å². The minimum atomic E-state index is -1.77. The van der Waals surface area contributed by atoms with Gasteiger partial charge in [-0.25, -0.2) is 10.1 Å². The van der Waals surface area contributed by atoms with Crippen molar-refractivity contribution in [2.75, 3.05) is 39.5 Å². The van der Waals surface area contributed by atoms with Gasteiger partial charge in [0.15, 0.2) is 11.5 Å². The van der Waals surface area contributed by atoms with Crippen LogP contribution in [0.5, 0.6) is 11.5 Å². The van der Waals surface area contributed by atoms with Crippen molar-refractivity contribution in [1.82, 2.24) is 36.7 Å². The zero-order valence-electron chi connectivity index (χ0n) is 29.2. The highest BCUT2D eigenvalue weighted by molar-refractivity contribution is 6.01. The first-order valence-corrected chi connectivity index (χ1v) is 16.9. The molecular weight excluding hydrogens is 722 g/mol. The average Bonchev–Trinajstić information content (AvgIpc) is 3.15. The molecule has 0 spiro atoms. The van der Waals surface area contributed by atoms with Gasteiger partial charge in [-0.2, -0.15) is 0 Å². The molecule has 0 aliphatic carbocycles. The summed E-state index contributed by atoms with van der Waals surface area (Å²) in [4.78, 5) is 88.8. The normalized spacial score (nSPS) is 16.9. The standard InChI is InChI=1S/C31H49N9O14/c32-10-2-7-18(34-28(49)20(13-41)36-25(46)16-5-1-9-23(44)24(16)45)27(48)37-21(14-42)29(50)38-22(15-43)31(52)40(54)11-3-6-17(33)26(47)35-19-8-4-12-39(53)30(19)51/h1,5,9,17-22,41-45,53-54H,2-4,6-8,10-15,32-33H2,(H,34,49)(H,35,47)(H,36,46)(H,37,48)(H,38,50). The second-order valence-corrected chi connectivity index (χ2v) is 12.2. The van der Waals surface area contributed by atoms with Crippen molar-refractivity contribution in [3.8, 4) is 11.5 Å². The van der Waals surface area contributed by atoms with E-state index < -0.39 is 121 Å². The number of para-hydroxylation sites is 1. The third kappa shape index (κ3) is 13.0. The number of carbonyl (C=O) groups excluding carboxylic acids is 7. The van der Waals surface area contributed by atoms with Gasteiger partial charge in [0.25, 0.3) is 17.7 Å². The third-order valence-electron chi connectivity index (χ3n) is 8.21. The number of amides is 7. The number of piperidine rings is 1. The highest BCUT2D eigenvalue weighted by Gasteiger charge is 2.33. The molecule has 7 amide bonds. The number of aliphatic hydroxyl groups is 3. The SMILES string of the molecule is NCCCC(NC(=O)C(CO)NC(=O)c1cccc(O)c1O)C(=O)NC(CO)C(=O)NC(CO)C(=O)N(O)CCCC(N)C(=O)NC1CCCN(O)C1=O. The zero-order valence-corrected chi connectivity index (χ0v) is 29.2. The largest absolute Gasteiger partial charge is 0.504 e. The molecule has 0 aromatic heterocycles. The predicted molar refractivity (Wildman–Crippen MR) is 182 cm³/mol. The number of hydrogen-bond acceptors (Lipinski definition) is 16. The summed E-state index contributed by atoms with van der Waals surface area (Å²) in [5, 5.41) is 80.5. The van der Waals surface area contributed by atoms with Crippen LogP contribution in [-0.2, 0) is 28.8 Å². The van der Waals surface area contributed by atoms with Crippen LogP contribution in [-0.4, -0.2) is 163 Å². The number of aromatic hydroxyl groups is 2. The van der Waals surface area contributed by atoms with Gasteiger partial charge in [0.2, 0.25) is 23.6 Å². The van der Waals surface area contributed by atoms with Crippen molar-refractivity contribution in [2.45, 2.75) is 74.8 Å². The molecule has 16 N–H and O–H groups in total. The number of hydroxylamine groups is 4. The number of nitrogens with one attached hydrogen (secondary N) is 5. The smallest absolute Gasteiger partial charge is 0.270 e. The maximum absolute atomic E-state index is 13.2. The summed E-state index contributed by atoms with van der Waals surface area (Å²) in [6, 6.07) is -5.23. The molecule has 1 aromatic carbocycles. The Morgan fingerprint density at radius 1 is 0.833 bits per heavy atom. The van der Waals surface area contributed by atoms with Crippen molar-refractivity contribution < 1.29 is 69.5 Å². The minimum absolute atomic E-state index is 0.0436. The number of nitrogens with two attached hydrogens (primary N) is 2. The fraction of sp³-hybridized carbons (Fsp3) is 0.581. The molecule has 0 bridgehead atoms. The fourth-order valence-electron chi connectivity index (χ4n) is 5.09. The first kappa shape index (κ1) is 45.0. The lowest BCUT2D eigenvalue weighted by molar-refractivity contribution is -0.173. The summed E-state index contributed by atoms with van der Waals surface area (Å²) in [5.74, 6) is -8.31. The van der Waals surface area contributed by atoms with Crippen LogP contribution >= 0.6 is 0 Å². The van der Waals surface area contributed by atoms with Gasteiger partial charge in [-0.15, -0.1) is 0 Å². The van der Waals surface area contributed by atoms with E-state index in [1.807, 2.05) is 0 Å². The van der Waals surface area contributed by atoms with E-state index in [9.17, 15) is 69.5 Å². The minimum Gasteiger partial charge on any atom is -0.504 e. The van der Waals surface area contributed by atoms with E-state index >= 15 is 0 Å². The van der Waals surface area contributed by atoms with E-state index in [2.05, 4.69) is 26.6 Å². The maximum Gasteiger partial charge on any atom is 0.270 e. The molecule has 302 valence electrons. The lowest BCUT2D eigenvalue weighted by Gasteiger charge is -2.28. The molecule has 1 saturated heterocycles. The first-order valence-electron chi connectivity index (χ1n) is 16.9. The van der Waals surface area contributed by atoms with Crippen molar-refractivity contribution in [3.63, 3.8) is 0 Å². The second-order valence-electron chi connectivity index (χ2n) is 12.2. The Kier molecular flexibility index (Phi) is 18.4. The van der Waals surface area contributed by atoms with E-state index in [4.69, 9.17) is 11.5 Å². The van der Waals surface area contributed by atoms with Crippen LogP contribution in [0.4, 0.5) is 0 Å². The van der Waals surface area contributed by atoms with Crippen LogP contribution in [0, 0.1) is 0 Å². The molecule has 1 heterocycles. The van der Waals surface area contributed by atoms with Crippen LogP contribution in [0.3, 0.4) is 0 Å². The second kappa shape index (κ2) is 22.1. The average molecular weight is 772 g/mol. The van der Waals surface area contributed by atoms with E-state index in [0.29, 0.717) is 17.9 Å². The van der Waals surface area contributed by atoms with Crippen molar-refractivity contribution in [3.05, 3.63) is 23.8 Å². The van der Waals surface area contributed by atoms with Crippen LogP contribution in [0.2, 0.25) is 0 Å². The van der Waals surface area contributed by atoms with Gasteiger partial charge in [0.1, 0.15) is 30.2 Å². The molecule has 2 rings (SSSR count). The highest BCUT2D eigenvalue weighted by atomic mass is 16.5. The molecular formula is C31H49N9O14. The Bertz CT molecular complexity index is 1480. The zero-order chi connectivity index (χ0) is 40.5. The molecule has 0 saturated carbocycles. The van der Waals surface area contributed by atoms with Gasteiger partial charge in [-0.1, -0.05) is 6.07 Å². The lowest BCUT2D eigenvalue weighted by atomic mass is 10.0. The molecule has 1 aliphatic rings. The van der Waals surface area contributed by atoms with Crippen molar-refractivity contribution >= 4 is 41.4 Å². The molecule has 23 nitrogen and oxygen atoms in total. The highest BCUT2D eigenvalue weighted by Crippen LogP contribution is 2.28. The molecule has 6 atom stereocenters. The van der Waals surface area contributed by atoms with Crippen molar-refractivity contribution in [2.24, 2.45) is 11.5 Å². The monoisotopic (exact) mass is 771 g/mol. The topological polar surface area (TPSA) is 380 Å². The quantitative estimate of drug-likeness (QED) is 0.0314. The van der Waals surface area contributed by atoms with Crippen LogP contribution in [0.25, 0.3) is 0 Å². The number of rotatable bonds is 21. The van der Waals surface area contributed by atoms with Crippen molar-refractivity contribution in [1.29, 1.82) is 0 Å².